The molecule has 15 heavy (non-hydrogen) atoms. The molecule has 0 amide bonds. The van der Waals surface area contributed by atoms with Gasteiger partial charge in [-0.25, -0.2) is 0 Å². The zero-order valence-corrected chi connectivity index (χ0v) is 10.4. The molecule has 2 rings (SSSR count). The van der Waals surface area contributed by atoms with Crippen molar-refractivity contribution in [2.24, 2.45) is 5.92 Å². The molecule has 0 saturated heterocycles. The van der Waals surface area contributed by atoms with Crippen LogP contribution in [0.15, 0.2) is 12.1 Å². The predicted molar refractivity (Wildman–Crippen MR) is 66.4 cm³/mol. The molecule has 0 N–H and O–H groups in total. The largest absolute Gasteiger partial charge is 0.0625 e. The highest BCUT2D eigenvalue weighted by atomic mass is 14.3. The van der Waals surface area contributed by atoms with E-state index in [1.807, 2.05) is 0 Å². The average molecular weight is 202 g/mol. The summed E-state index contributed by atoms with van der Waals surface area (Å²) in [5.41, 5.74) is 5.97. The highest BCUT2D eigenvalue weighted by Crippen LogP contribution is 2.38. The van der Waals surface area contributed by atoms with Gasteiger partial charge in [-0.2, -0.15) is 0 Å². The second-order valence-corrected chi connectivity index (χ2v) is 5.39. The fourth-order valence-electron chi connectivity index (χ4n) is 2.81. The van der Waals surface area contributed by atoms with Crippen molar-refractivity contribution in [3.63, 3.8) is 0 Å². The molecule has 2 atom stereocenters. The summed E-state index contributed by atoms with van der Waals surface area (Å²) in [5.74, 6) is 1.76. The van der Waals surface area contributed by atoms with E-state index in [4.69, 9.17) is 0 Å². The van der Waals surface area contributed by atoms with Crippen molar-refractivity contribution in [2.45, 2.75) is 52.9 Å². The summed E-state index contributed by atoms with van der Waals surface area (Å²) in [5, 5.41) is 0. The minimum absolute atomic E-state index is 0.831. The van der Waals surface area contributed by atoms with Crippen LogP contribution >= 0.6 is 0 Å². The molecule has 1 aromatic rings. The Labute approximate surface area is 93.7 Å². The summed E-state index contributed by atoms with van der Waals surface area (Å²) in [4.78, 5) is 0. The molecule has 0 heterocycles. The Balaban J connectivity index is 2.29. The second-order valence-electron chi connectivity index (χ2n) is 5.39. The Morgan fingerprint density at radius 2 is 1.60 bits per heavy atom. The van der Waals surface area contributed by atoms with Gasteiger partial charge in [-0.15, -0.1) is 0 Å². The second kappa shape index (κ2) is 4.00. The van der Waals surface area contributed by atoms with E-state index in [0.717, 1.165) is 11.8 Å². The van der Waals surface area contributed by atoms with Crippen LogP contribution in [0.3, 0.4) is 0 Å². The van der Waals surface area contributed by atoms with Crippen molar-refractivity contribution in [1.82, 2.24) is 0 Å². The molecule has 0 nitrogen and oxygen atoms in total. The fourth-order valence-corrected chi connectivity index (χ4v) is 2.81. The van der Waals surface area contributed by atoms with Crippen molar-refractivity contribution in [3.8, 4) is 0 Å². The molecule has 1 aliphatic carbocycles. The van der Waals surface area contributed by atoms with Gasteiger partial charge in [-0.1, -0.05) is 25.5 Å². The molecule has 0 radical (unpaired) electrons. The maximum Gasteiger partial charge on any atom is -0.0159 e. The Hall–Kier alpha value is -0.780. The van der Waals surface area contributed by atoms with Crippen LogP contribution in [0.25, 0.3) is 0 Å². The van der Waals surface area contributed by atoms with Gasteiger partial charge in [0.15, 0.2) is 0 Å². The summed E-state index contributed by atoms with van der Waals surface area (Å²) >= 11 is 0. The van der Waals surface area contributed by atoms with Crippen molar-refractivity contribution in [2.75, 3.05) is 0 Å². The number of hydrogen-bond donors (Lipinski definition) is 0. The first-order valence-corrected chi connectivity index (χ1v) is 6.15. The van der Waals surface area contributed by atoms with Gasteiger partial charge in [-0.3, -0.25) is 0 Å². The summed E-state index contributed by atoms with van der Waals surface area (Å²) in [6.45, 7) is 9.09. The van der Waals surface area contributed by atoms with E-state index in [1.54, 1.807) is 5.56 Å². The summed E-state index contributed by atoms with van der Waals surface area (Å²) in [6, 6.07) is 4.82. The van der Waals surface area contributed by atoms with E-state index < -0.39 is 0 Å². The normalized spacial score (nSPS) is 25.9. The third-order valence-corrected chi connectivity index (χ3v) is 4.12. The standard InChI is InChI=1S/C15H22/c1-10-5-6-14(7-10)15-8-11(2)13(4)12(3)9-15/h8-10,14H,5-7H2,1-4H3. The first kappa shape index (κ1) is 10.7. The Morgan fingerprint density at radius 1 is 1.00 bits per heavy atom. The molecule has 1 aromatic carbocycles. The summed E-state index contributed by atoms with van der Waals surface area (Å²) in [6.07, 6.45) is 4.20. The number of rotatable bonds is 1. The monoisotopic (exact) mass is 202 g/mol. The smallest absolute Gasteiger partial charge is 0.0159 e. The molecule has 1 aliphatic rings. The molecule has 0 bridgehead atoms. The minimum Gasteiger partial charge on any atom is -0.0625 e. The summed E-state index contributed by atoms with van der Waals surface area (Å²) < 4.78 is 0. The molecule has 0 aromatic heterocycles. The third kappa shape index (κ3) is 2.09. The van der Waals surface area contributed by atoms with Gasteiger partial charge in [0.1, 0.15) is 0 Å². The molecule has 82 valence electrons. The zero-order valence-electron chi connectivity index (χ0n) is 10.4. The van der Waals surface area contributed by atoms with Gasteiger partial charge in [0.05, 0.1) is 0 Å². The lowest BCUT2D eigenvalue weighted by Gasteiger charge is -2.14. The lowest BCUT2D eigenvalue weighted by atomic mass is 9.91. The molecule has 1 saturated carbocycles. The Kier molecular flexibility index (Phi) is 2.86. The van der Waals surface area contributed by atoms with Crippen LogP contribution in [0.1, 0.15) is 54.4 Å². The van der Waals surface area contributed by atoms with Crippen molar-refractivity contribution < 1.29 is 0 Å². The van der Waals surface area contributed by atoms with Crippen LogP contribution in [-0.2, 0) is 0 Å². The maximum atomic E-state index is 2.41. The van der Waals surface area contributed by atoms with Crippen molar-refractivity contribution in [3.05, 3.63) is 34.4 Å². The highest BCUT2D eigenvalue weighted by molar-refractivity contribution is 5.38. The van der Waals surface area contributed by atoms with E-state index >= 15 is 0 Å². The van der Waals surface area contributed by atoms with Gasteiger partial charge in [0, 0.05) is 0 Å². The van der Waals surface area contributed by atoms with E-state index in [0.29, 0.717) is 0 Å². The maximum absolute atomic E-state index is 2.41. The van der Waals surface area contributed by atoms with Gasteiger partial charge in [-0.05, 0) is 67.7 Å². The Bertz CT molecular complexity index is 339. The van der Waals surface area contributed by atoms with E-state index in [-0.39, 0.29) is 0 Å². The van der Waals surface area contributed by atoms with E-state index in [2.05, 4.69) is 39.8 Å². The van der Waals surface area contributed by atoms with Crippen molar-refractivity contribution >= 4 is 0 Å². The van der Waals surface area contributed by atoms with Crippen molar-refractivity contribution in [1.29, 1.82) is 0 Å². The lowest BCUT2D eigenvalue weighted by molar-refractivity contribution is 0.596. The van der Waals surface area contributed by atoms with Crippen LogP contribution in [0, 0.1) is 26.7 Å². The lowest BCUT2D eigenvalue weighted by Crippen LogP contribution is -1.97. The van der Waals surface area contributed by atoms with Crippen LogP contribution in [-0.4, -0.2) is 0 Å². The molecule has 0 spiro atoms. The molecule has 1 fully saturated rings. The van der Waals surface area contributed by atoms with Gasteiger partial charge < -0.3 is 0 Å². The number of aryl methyl sites for hydroxylation is 2. The molecule has 0 heteroatoms. The predicted octanol–water partition coefficient (Wildman–Crippen LogP) is 4.52. The van der Waals surface area contributed by atoms with Crippen LogP contribution in [0.4, 0.5) is 0 Å². The van der Waals surface area contributed by atoms with Gasteiger partial charge in [0.2, 0.25) is 0 Å². The quantitative estimate of drug-likeness (QED) is 0.628. The van der Waals surface area contributed by atoms with Crippen LogP contribution < -0.4 is 0 Å². The van der Waals surface area contributed by atoms with Crippen LogP contribution in [0.5, 0.6) is 0 Å². The first-order chi connectivity index (χ1) is 7.08. The van der Waals surface area contributed by atoms with Crippen LogP contribution in [0.2, 0.25) is 0 Å². The number of hydrogen-bond acceptors (Lipinski definition) is 0. The molecule has 2 unspecified atom stereocenters. The van der Waals surface area contributed by atoms with E-state index in [1.165, 1.54) is 36.0 Å². The fraction of sp³-hybridized carbons (Fsp3) is 0.600. The highest BCUT2D eigenvalue weighted by Gasteiger charge is 2.23. The molecular weight excluding hydrogens is 180 g/mol. The average Bonchev–Trinajstić information content (AvgIpc) is 2.60. The Morgan fingerprint density at radius 3 is 2.07 bits per heavy atom. The first-order valence-electron chi connectivity index (χ1n) is 6.15. The molecular formula is C15H22. The number of benzene rings is 1. The third-order valence-electron chi connectivity index (χ3n) is 4.12. The summed E-state index contributed by atoms with van der Waals surface area (Å²) in [7, 11) is 0. The molecule has 0 aliphatic heterocycles. The topological polar surface area (TPSA) is 0 Å². The van der Waals surface area contributed by atoms with Gasteiger partial charge >= 0.3 is 0 Å². The SMILES string of the molecule is Cc1cc(C2CCC(C)C2)cc(C)c1C. The van der Waals surface area contributed by atoms with E-state index in [9.17, 15) is 0 Å². The van der Waals surface area contributed by atoms with Gasteiger partial charge in [0.25, 0.3) is 0 Å². The minimum atomic E-state index is 0.831. The zero-order chi connectivity index (χ0) is 11.0.